The third-order valence-electron chi connectivity index (χ3n) is 3.17. The summed E-state index contributed by atoms with van der Waals surface area (Å²) in [7, 11) is 0. The van der Waals surface area contributed by atoms with Crippen LogP contribution in [0.2, 0.25) is 0 Å². The van der Waals surface area contributed by atoms with Gasteiger partial charge in [-0.1, -0.05) is 66.3 Å². The largest absolute Gasteiger partial charge is 0.298 e. The molecule has 2 aromatic carbocycles. The monoisotopic (exact) mass is 262 g/mol. The minimum absolute atomic E-state index is 0.691. The molecule has 0 unspecified atom stereocenters. The van der Waals surface area contributed by atoms with Gasteiger partial charge in [0.1, 0.15) is 6.29 Å². The van der Waals surface area contributed by atoms with E-state index in [4.69, 9.17) is 0 Å². The maximum absolute atomic E-state index is 10.8. The van der Waals surface area contributed by atoms with E-state index in [0.29, 0.717) is 5.56 Å². The highest BCUT2D eigenvalue weighted by Gasteiger charge is 2.00. The number of rotatable bonds is 4. The molecule has 20 heavy (non-hydrogen) atoms. The molecule has 0 fully saturated rings. The lowest BCUT2D eigenvalue weighted by Gasteiger charge is -2.07. The fraction of sp³-hybridized carbons (Fsp3) is 0.105. The van der Waals surface area contributed by atoms with E-state index in [0.717, 1.165) is 28.5 Å². The van der Waals surface area contributed by atoms with Gasteiger partial charge in [-0.2, -0.15) is 0 Å². The smallest absolute Gasteiger partial charge is 0.150 e. The number of hydrogen-bond donors (Lipinski definition) is 0. The maximum atomic E-state index is 10.8. The first-order valence-corrected chi connectivity index (χ1v) is 6.60. The first-order valence-electron chi connectivity index (χ1n) is 6.60. The highest BCUT2D eigenvalue weighted by Crippen LogP contribution is 2.21. The zero-order valence-electron chi connectivity index (χ0n) is 11.9. The molecule has 0 aliphatic heterocycles. The summed E-state index contributed by atoms with van der Waals surface area (Å²) < 4.78 is 0. The van der Waals surface area contributed by atoms with Crippen molar-refractivity contribution in [3.63, 3.8) is 0 Å². The average molecular weight is 262 g/mol. The van der Waals surface area contributed by atoms with Gasteiger partial charge in [0, 0.05) is 5.56 Å². The van der Waals surface area contributed by atoms with Crippen molar-refractivity contribution in [2.75, 3.05) is 0 Å². The van der Waals surface area contributed by atoms with E-state index in [2.05, 4.69) is 37.8 Å². The zero-order chi connectivity index (χ0) is 14.5. The quantitative estimate of drug-likeness (QED) is 0.559. The van der Waals surface area contributed by atoms with Crippen LogP contribution in [0.15, 0.2) is 49.0 Å². The predicted octanol–water partition coefficient (Wildman–Crippen LogP) is 5.01. The molecule has 0 heterocycles. The third-order valence-corrected chi connectivity index (χ3v) is 3.17. The van der Waals surface area contributed by atoms with Crippen molar-refractivity contribution in [3.05, 3.63) is 76.9 Å². The van der Waals surface area contributed by atoms with Gasteiger partial charge in [-0.25, -0.2) is 0 Å². The summed E-state index contributed by atoms with van der Waals surface area (Å²) in [4.78, 5) is 10.8. The Balaban J connectivity index is 2.37. The summed E-state index contributed by atoms with van der Waals surface area (Å²) in [5.74, 6) is 0. The topological polar surface area (TPSA) is 17.1 Å². The normalized spacial score (nSPS) is 10.7. The lowest BCUT2D eigenvalue weighted by molar-refractivity contribution is 0.112. The fourth-order valence-corrected chi connectivity index (χ4v) is 2.13. The van der Waals surface area contributed by atoms with Crippen LogP contribution in [0, 0.1) is 6.92 Å². The van der Waals surface area contributed by atoms with E-state index in [9.17, 15) is 4.79 Å². The highest BCUT2D eigenvalue weighted by molar-refractivity contribution is 5.81. The third kappa shape index (κ3) is 3.33. The van der Waals surface area contributed by atoms with Crippen LogP contribution in [0.1, 0.15) is 39.5 Å². The second-order valence-corrected chi connectivity index (χ2v) is 4.99. The Morgan fingerprint density at radius 1 is 1.05 bits per heavy atom. The minimum atomic E-state index is 0.691. The molecule has 0 aromatic heterocycles. The summed E-state index contributed by atoms with van der Waals surface area (Å²) in [6.07, 6.45) is 4.96. The van der Waals surface area contributed by atoms with E-state index < -0.39 is 0 Å². The van der Waals surface area contributed by atoms with Gasteiger partial charge in [-0.3, -0.25) is 4.79 Å². The van der Waals surface area contributed by atoms with Crippen molar-refractivity contribution >= 4 is 24.0 Å². The van der Waals surface area contributed by atoms with E-state index in [1.807, 2.05) is 31.2 Å². The fourth-order valence-electron chi connectivity index (χ4n) is 2.13. The Morgan fingerprint density at radius 2 is 1.80 bits per heavy atom. The lowest BCUT2D eigenvalue weighted by Crippen LogP contribution is -1.86. The summed E-state index contributed by atoms with van der Waals surface area (Å²) in [6, 6.07) is 13.9. The first-order chi connectivity index (χ1) is 9.60. The zero-order valence-corrected chi connectivity index (χ0v) is 11.9. The Kier molecular flexibility index (Phi) is 4.31. The number of carbonyl (C=O) groups is 1. The molecular formula is C19H18O. The molecule has 0 spiro atoms. The van der Waals surface area contributed by atoms with Crippen LogP contribution in [0.3, 0.4) is 0 Å². The van der Waals surface area contributed by atoms with Crippen LogP contribution >= 0.6 is 0 Å². The molecule has 100 valence electrons. The summed E-state index contributed by atoms with van der Waals surface area (Å²) in [5.41, 5.74) is 6.27. The summed E-state index contributed by atoms with van der Waals surface area (Å²) >= 11 is 0. The van der Waals surface area contributed by atoms with Crippen molar-refractivity contribution in [2.45, 2.75) is 13.8 Å². The van der Waals surface area contributed by atoms with Gasteiger partial charge in [0.25, 0.3) is 0 Å². The molecule has 1 nitrogen and oxygen atoms in total. The molecule has 2 aromatic rings. The molecular weight excluding hydrogens is 244 g/mol. The van der Waals surface area contributed by atoms with Gasteiger partial charge < -0.3 is 0 Å². The molecule has 0 aliphatic carbocycles. The molecule has 1 heteroatoms. The molecule has 0 bridgehead atoms. The van der Waals surface area contributed by atoms with Crippen LogP contribution in [0.25, 0.3) is 17.7 Å². The minimum Gasteiger partial charge on any atom is -0.298 e. The number of aryl methyl sites for hydroxylation is 1. The number of carbonyl (C=O) groups excluding carboxylic acids is 1. The Morgan fingerprint density at radius 3 is 2.50 bits per heavy atom. The van der Waals surface area contributed by atoms with Crippen LogP contribution in [-0.4, -0.2) is 6.29 Å². The Hall–Kier alpha value is -2.41. The molecule has 0 amide bonds. The number of allylic oxidation sites excluding steroid dienone is 1. The number of aldehydes is 1. The molecule has 0 N–H and O–H groups in total. The van der Waals surface area contributed by atoms with Crippen LogP contribution in [-0.2, 0) is 0 Å². The standard InChI is InChI=1S/C19H18O/c1-14(2)19-10-7-15(3)11-18(19)9-8-16-5-4-6-17(12-16)13-20/h4-13H,1H2,2-3H3/b9-8+. The van der Waals surface area contributed by atoms with Crippen LogP contribution in [0.5, 0.6) is 0 Å². The average Bonchev–Trinajstić information content (AvgIpc) is 2.45. The molecule has 0 atom stereocenters. The van der Waals surface area contributed by atoms with Gasteiger partial charge >= 0.3 is 0 Å². The Labute approximate surface area is 120 Å². The van der Waals surface area contributed by atoms with E-state index in [1.54, 1.807) is 6.07 Å². The first kappa shape index (κ1) is 14.0. The molecule has 0 aliphatic rings. The van der Waals surface area contributed by atoms with Crippen molar-refractivity contribution in [2.24, 2.45) is 0 Å². The van der Waals surface area contributed by atoms with Crippen molar-refractivity contribution < 1.29 is 4.79 Å². The molecule has 0 saturated heterocycles. The molecule has 0 radical (unpaired) electrons. The van der Waals surface area contributed by atoms with E-state index >= 15 is 0 Å². The van der Waals surface area contributed by atoms with Gasteiger partial charge in [0.2, 0.25) is 0 Å². The van der Waals surface area contributed by atoms with Crippen molar-refractivity contribution in [1.82, 2.24) is 0 Å². The van der Waals surface area contributed by atoms with Gasteiger partial charge in [-0.05, 0) is 36.6 Å². The SMILES string of the molecule is C=C(C)c1ccc(C)cc1/C=C/c1cccc(C=O)c1. The predicted molar refractivity (Wildman–Crippen MR) is 86.6 cm³/mol. The van der Waals surface area contributed by atoms with Crippen LogP contribution < -0.4 is 0 Å². The van der Waals surface area contributed by atoms with Gasteiger partial charge in [0.15, 0.2) is 0 Å². The lowest BCUT2D eigenvalue weighted by atomic mass is 9.98. The number of hydrogen-bond acceptors (Lipinski definition) is 1. The molecule has 0 saturated carbocycles. The van der Waals surface area contributed by atoms with Crippen LogP contribution in [0.4, 0.5) is 0 Å². The van der Waals surface area contributed by atoms with Crippen molar-refractivity contribution in [1.29, 1.82) is 0 Å². The summed E-state index contributed by atoms with van der Waals surface area (Å²) in [6.45, 7) is 8.10. The van der Waals surface area contributed by atoms with Crippen molar-refractivity contribution in [3.8, 4) is 0 Å². The summed E-state index contributed by atoms with van der Waals surface area (Å²) in [5, 5.41) is 0. The Bertz CT molecular complexity index is 678. The maximum Gasteiger partial charge on any atom is 0.150 e. The van der Waals surface area contributed by atoms with E-state index in [-0.39, 0.29) is 0 Å². The number of benzene rings is 2. The second-order valence-electron chi connectivity index (χ2n) is 4.99. The van der Waals surface area contributed by atoms with Gasteiger partial charge in [-0.15, -0.1) is 0 Å². The molecule has 2 rings (SSSR count). The van der Waals surface area contributed by atoms with E-state index in [1.165, 1.54) is 5.56 Å². The van der Waals surface area contributed by atoms with Gasteiger partial charge in [0.05, 0.1) is 0 Å². The highest BCUT2D eigenvalue weighted by atomic mass is 16.1. The second kappa shape index (κ2) is 6.16.